The van der Waals surface area contributed by atoms with Crippen LogP contribution in [0.25, 0.3) is 12.2 Å². The molecule has 0 aliphatic carbocycles. The number of likely N-dealkylation sites (tertiary alicyclic amines) is 2. The highest BCUT2D eigenvalue weighted by atomic mass is 32.2. The predicted molar refractivity (Wildman–Crippen MR) is 213 cm³/mol. The Hall–Kier alpha value is -5.10. The Labute approximate surface area is 320 Å². The molecule has 0 spiro atoms. The summed E-state index contributed by atoms with van der Waals surface area (Å²) in [5.41, 5.74) is 4.22. The average Bonchev–Trinajstić information content (AvgIpc) is 4.00. The number of carbonyl (C=O) groups is 5. The van der Waals surface area contributed by atoms with Crippen molar-refractivity contribution in [3.8, 4) is 0 Å². The van der Waals surface area contributed by atoms with Gasteiger partial charge in [-0.25, -0.2) is 4.79 Å². The first kappa shape index (κ1) is 37.2. The molecular formula is C42H48N6O5S. The molecule has 6 amide bonds. The number of urea groups is 1. The third kappa shape index (κ3) is 9.15. The van der Waals surface area contributed by atoms with Crippen molar-refractivity contribution in [2.75, 3.05) is 29.5 Å². The van der Waals surface area contributed by atoms with Gasteiger partial charge in [-0.15, -0.1) is 0 Å². The van der Waals surface area contributed by atoms with Crippen molar-refractivity contribution in [3.63, 3.8) is 0 Å². The number of nitrogens with one attached hydrogen (secondary N) is 4. The summed E-state index contributed by atoms with van der Waals surface area (Å²) in [7, 11) is 0. The van der Waals surface area contributed by atoms with Crippen molar-refractivity contribution in [1.82, 2.24) is 20.4 Å². The molecule has 4 aliphatic rings. The van der Waals surface area contributed by atoms with Crippen molar-refractivity contribution in [2.45, 2.75) is 87.2 Å². The summed E-state index contributed by atoms with van der Waals surface area (Å²) in [6.07, 6.45) is 10.2. The van der Waals surface area contributed by atoms with Gasteiger partial charge in [-0.05, 0) is 79.5 Å². The molecule has 7 rings (SSSR count). The minimum absolute atomic E-state index is 0.0298. The Bertz CT molecular complexity index is 1850. The molecule has 0 saturated carbocycles. The van der Waals surface area contributed by atoms with E-state index in [-0.39, 0.29) is 48.2 Å². The summed E-state index contributed by atoms with van der Waals surface area (Å²) in [6, 6.07) is 24.1. The second kappa shape index (κ2) is 17.4. The summed E-state index contributed by atoms with van der Waals surface area (Å²) >= 11 is 1.88. The molecular weight excluding hydrogens is 701 g/mol. The maximum absolute atomic E-state index is 13.2. The molecule has 4 N–H and O–H groups in total. The molecule has 4 aliphatic heterocycles. The Morgan fingerprint density at radius 2 is 1.30 bits per heavy atom. The third-order valence-electron chi connectivity index (χ3n) is 10.8. The van der Waals surface area contributed by atoms with Gasteiger partial charge in [0, 0.05) is 41.9 Å². The number of nitrogens with zero attached hydrogens (tertiary/aromatic N) is 2. The van der Waals surface area contributed by atoms with E-state index in [2.05, 4.69) is 21.3 Å². The van der Waals surface area contributed by atoms with Crippen molar-refractivity contribution < 1.29 is 24.0 Å². The fraction of sp³-hybridized carbons (Fsp3) is 0.405. The van der Waals surface area contributed by atoms with Gasteiger partial charge in [0.15, 0.2) is 0 Å². The highest BCUT2D eigenvalue weighted by Crippen LogP contribution is 2.33. The molecule has 282 valence electrons. The average molecular weight is 749 g/mol. The Kier molecular flexibility index (Phi) is 12.0. The molecule has 4 saturated heterocycles. The maximum Gasteiger partial charge on any atom is 0.315 e. The van der Waals surface area contributed by atoms with E-state index < -0.39 is 12.1 Å². The van der Waals surface area contributed by atoms with Gasteiger partial charge in [-0.2, -0.15) is 11.8 Å². The molecule has 5 atom stereocenters. The monoisotopic (exact) mass is 748 g/mol. The lowest BCUT2D eigenvalue weighted by molar-refractivity contribution is -0.136. The van der Waals surface area contributed by atoms with Gasteiger partial charge in [0.25, 0.3) is 0 Å². The van der Waals surface area contributed by atoms with Crippen LogP contribution < -0.4 is 21.3 Å². The van der Waals surface area contributed by atoms with E-state index in [4.69, 9.17) is 0 Å². The van der Waals surface area contributed by atoms with Gasteiger partial charge in [0.1, 0.15) is 12.1 Å². The van der Waals surface area contributed by atoms with Crippen LogP contribution in [0.15, 0.2) is 78.9 Å². The van der Waals surface area contributed by atoms with E-state index >= 15 is 0 Å². The van der Waals surface area contributed by atoms with Gasteiger partial charge in [0.2, 0.25) is 23.6 Å². The van der Waals surface area contributed by atoms with Crippen LogP contribution in [0.5, 0.6) is 0 Å². The molecule has 0 unspecified atom stereocenters. The van der Waals surface area contributed by atoms with Crippen LogP contribution in [0.2, 0.25) is 0 Å². The number of amides is 6. The van der Waals surface area contributed by atoms with Crippen LogP contribution in [-0.2, 0) is 25.6 Å². The van der Waals surface area contributed by atoms with Crippen molar-refractivity contribution in [1.29, 1.82) is 0 Å². The molecule has 0 bridgehead atoms. The largest absolute Gasteiger partial charge is 0.332 e. The first-order chi connectivity index (χ1) is 26.3. The van der Waals surface area contributed by atoms with Crippen LogP contribution in [-0.4, -0.2) is 87.7 Å². The molecule has 11 nitrogen and oxygen atoms in total. The van der Waals surface area contributed by atoms with Crippen molar-refractivity contribution in [3.05, 3.63) is 95.6 Å². The number of fused-ring (bicyclic) bond motifs is 1. The minimum Gasteiger partial charge on any atom is -0.332 e. The molecule has 4 heterocycles. The molecule has 3 aromatic rings. The van der Waals surface area contributed by atoms with Crippen LogP contribution in [0.3, 0.4) is 0 Å². The second-order valence-electron chi connectivity index (χ2n) is 14.6. The lowest BCUT2D eigenvalue weighted by Gasteiger charge is -2.24. The zero-order valence-electron chi connectivity index (χ0n) is 30.4. The highest BCUT2D eigenvalue weighted by Gasteiger charge is 2.42. The highest BCUT2D eigenvalue weighted by molar-refractivity contribution is 8.00. The smallest absolute Gasteiger partial charge is 0.315 e. The summed E-state index contributed by atoms with van der Waals surface area (Å²) < 4.78 is 0. The quantitative estimate of drug-likeness (QED) is 0.101. The van der Waals surface area contributed by atoms with E-state index in [1.165, 1.54) is 0 Å². The van der Waals surface area contributed by atoms with Gasteiger partial charge in [-0.1, -0.05) is 73.2 Å². The van der Waals surface area contributed by atoms with Crippen LogP contribution >= 0.6 is 11.8 Å². The Morgan fingerprint density at radius 3 is 1.89 bits per heavy atom. The van der Waals surface area contributed by atoms with Gasteiger partial charge in [0.05, 0.1) is 18.5 Å². The number of unbranched alkanes of at least 4 members (excludes halogenated alkanes) is 1. The fourth-order valence-electron chi connectivity index (χ4n) is 7.95. The fourth-order valence-corrected chi connectivity index (χ4v) is 9.50. The lowest BCUT2D eigenvalue weighted by atomic mass is 10.0. The number of hydrogen-bond donors (Lipinski definition) is 4. The van der Waals surface area contributed by atoms with Gasteiger partial charge >= 0.3 is 6.03 Å². The van der Waals surface area contributed by atoms with E-state index in [9.17, 15) is 24.0 Å². The number of thioether (sulfide) groups is 1. The number of anilines is 2. The summed E-state index contributed by atoms with van der Waals surface area (Å²) in [5.74, 6) is 0.603. The standard InChI is InChI=1S/C42H48N6O5S/c49-37(13-5-4-12-36-39-33(27-54-36)45-42(53)46-39)47-24-6-10-34(47)40(51)43-31-20-16-28(17-21-31)14-15-29-18-22-32(23-19-29)44-41(52)35-11-7-25-48(35)38(50)26-30-8-2-1-3-9-30/h1-3,8-9,14-23,33-36,39H,4-7,10-13,24-27H2,(H,43,51)(H,44,52)(H2,45,46,53)/b15-14+/t33-,34-,35-,36-,39-/m0/s1. The van der Waals surface area contributed by atoms with E-state index in [1.807, 2.05) is 103 Å². The van der Waals surface area contributed by atoms with Crippen molar-refractivity contribution >= 4 is 64.9 Å². The van der Waals surface area contributed by atoms with Crippen LogP contribution in [0, 0.1) is 0 Å². The topological polar surface area (TPSA) is 140 Å². The first-order valence-corrected chi connectivity index (χ1v) is 20.2. The van der Waals surface area contributed by atoms with Crippen LogP contribution in [0.4, 0.5) is 16.2 Å². The minimum atomic E-state index is -0.471. The summed E-state index contributed by atoms with van der Waals surface area (Å²) in [5, 5.41) is 12.4. The Morgan fingerprint density at radius 1 is 0.722 bits per heavy atom. The normalized spacial score (nSPS) is 23.3. The number of rotatable bonds is 13. The molecule has 0 aromatic heterocycles. The molecule has 54 heavy (non-hydrogen) atoms. The second-order valence-corrected chi connectivity index (χ2v) is 15.8. The Balaban J connectivity index is 0.839. The predicted octanol–water partition coefficient (Wildman–Crippen LogP) is 5.68. The van der Waals surface area contributed by atoms with Crippen molar-refractivity contribution in [2.24, 2.45) is 0 Å². The van der Waals surface area contributed by atoms with E-state index in [0.717, 1.165) is 54.5 Å². The summed E-state index contributed by atoms with van der Waals surface area (Å²) in [4.78, 5) is 67.5. The van der Waals surface area contributed by atoms with E-state index in [0.29, 0.717) is 49.0 Å². The van der Waals surface area contributed by atoms with Gasteiger partial charge < -0.3 is 31.1 Å². The van der Waals surface area contributed by atoms with Gasteiger partial charge in [-0.3, -0.25) is 19.2 Å². The SMILES string of the molecule is O=C1N[C@H]2[C@H](CS[C@H]2CCCCC(=O)N2CCC[C@H]2C(=O)Nc2ccc(/C=C/c3ccc(NC(=O)[C@@H]4CCCN4C(=O)Cc4ccccc4)cc3)cc2)N1. The third-order valence-corrected chi connectivity index (χ3v) is 12.4. The first-order valence-electron chi connectivity index (χ1n) is 19.1. The zero-order valence-corrected chi connectivity index (χ0v) is 31.2. The number of hydrogen-bond acceptors (Lipinski definition) is 6. The van der Waals surface area contributed by atoms with Crippen LogP contribution in [0.1, 0.15) is 68.1 Å². The zero-order chi connectivity index (χ0) is 37.4. The number of carbonyl (C=O) groups excluding carboxylic acids is 5. The molecule has 12 heteroatoms. The summed E-state index contributed by atoms with van der Waals surface area (Å²) in [6.45, 7) is 1.19. The molecule has 3 aromatic carbocycles. The number of benzene rings is 3. The molecule has 0 radical (unpaired) electrons. The maximum atomic E-state index is 13.2. The molecule has 4 fully saturated rings. The van der Waals surface area contributed by atoms with E-state index in [1.54, 1.807) is 9.80 Å². The lowest BCUT2D eigenvalue weighted by Crippen LogP contribution is -2.43.